The van der Waals surface area contributed by atoms with Crippen molar-refractivity contribution in [2.45, 2.75) is 18.7 Å². The molecule has 0 aliphatic heterocycles. The Kier molecular flexibility index (Phi) is 5.13. The van der Waals surface area contributed by atoms with Crippen LogP contribution in [0.5, 0.6) is 0 Å². The molecule has 1 rings (SSSR count). The van der Waals surface area contributed by atoms with Crippen molar-refractivity contribution in [3.05, 3.63) is 23.8 Å². The van der Waals surface area contributed by atoms with Gasteiger partial charge in [-0.15, -0.1) is 0 Å². The molecule has 0 aliphatic rings. The standard InChI is InChI=1S/C12H20N2O3S/c1-4-17-9-8-14(3)18(15,16)12-10(2)6-5-7-11(12)13/h5-7H,4,8-9,13H2,1-3H3. The Labute approximate surface area is 109 Å². The van der Waals surface area contributed by atoms with Crippen LogP contribution in [0.25, 0.3) is 0 Å². The molecule has 18 heavy (non-hydrogen) atoms. The van der Waals surface area contributed by atoms with E-state index < -0.39 is 10.0 Å². The van der Waals surface area contributed by atoms with E-state index in [-0.39, 0.29) is 10.6 Å². The quantitative estimate of drug-likeness (QED) is 0.624. The predicted molar refractivity (Wildman–Crippen MR) is 71.9 cm³/mol. The molecule has 0 unspecified atom stereocenters. The Hall–Kier alpha value is -1.11. The largest absolute Gasteiger partial charge is 0.398 e. The summed E-state index contributed by atoms with van der Waals surface area (Å²) in [6.07, 6.45) is 0. The van der Waals surface area contributed by atoms with Gasteiger partial charge in [-0.05, 0) is 25.5 Å². The van der Waals surface area contributed by atoms with E-state index in [0.717, 1.165) is 0 Å². The summed E-state index contributed by atoms with van der Waals surface area (Å²) in [5.41, 5.74) is 6.69. The first-order valence-electron chi connectivity index (χ1n) is 5.80. The van der Waals surface area contributed by atoms with E-state index in [1.165, 1.54) is 11.4 Å². The smallest absolute Gasteiger partial charge is 0.245 e. The average Bonchev–Trinajstić information content (AvgIpc) is 2.28. The summed E-state index contributed by atoms with van der Waals surface area (Å²) in [6, 6.07) is 5.07. The first kappa shape index (κ1) is 14.9. The van der Waals surface area contributed by atoms with Crippen molar-refractivity contribution >= 4 is 15.7 Å². The van der Waals surface area contributed by atoms with Gasteiger partial charge < -0.3 is 10.5 Å². The molecule has 0 saturated carbocycles. The van der Waals surface area contributed by atoms with Crippen LogP contribution in [-0.4, -0.2) is 39.5 Å². The lowest BCUT2D eigenvalue weighted by atomic mass is 10.2. The van der Waals surface area contributed by atoms with Gasteiger partial charge in [-0.3, -0.25) is 0 Å². The molecule has 0 aliphatic carbocycles. The summed E-state index contributed by atoms with van der Waals surface area (Å²) in [6.45, 7) is 4.86. The minimum atomic E-state index is -3.55. The molecule has 2 N–H and O–H groups in total. The van der Waals surface area contributed by atoms with E-state index in [9.17, 15) is 8.42 Å². The molecule has 1 aromatic rings. The van der Waals surface area contributed by atoms with Gasteiger partial charge in [0, 0.05) is 20.2 Å². The van der Waals surface area contributed by atoms with E-state index in [2.05, 4.69) is 0 Å². The van der Waals surface area contributed by atoms with Gasteiger partial charge in [0.2, 0.25) is 10.0 Å². The zero-order valence-electron chi connectivity index (χ0n) is 11.0. The Balaban J connectivity index is 2.99. The Bertz CT molecular complexity index is 480. The van der Waals surface area contributed by atoms with Crippen LogP contribution in [0.4, 0.5) is 5.69 Å². The van der Waals surface area contributed by atoms with E-state index in [0.29, 0.717) is 25.3 Å². The molecule has 1 aromatic carbocycles. The zero-order chi connectivity index (χ0) is 13.8. The van der Waals surface area contributed by atoms with Crippen LogP contribution in [-0.2, 0) is 14.8 Å². The van der Waals surface area contributed by atoms with E-state index in [1.54, 1.807) is 25.1 Å². The summed E-state index contributed by atoms with van der Waals surface area (Å²) < 4.78 is 31.1. The first-order chi connectivity index (χ1) is 8.41. The van der Waals surface area contributed by atoms with Crippen molar-refractivity contribution in [2.24, 2.45) is 0 Å². The van der Waals surface area contributed by atoms with Crippen molar-refractivity contribution < 1.29 is 13.2 Å². The summed E-state index contributed by atoms with van der Waals surface area (Å²) in [5, 5.41) is 0. The third kappa shape index (κ3) is 3.22. The van der Waals surface area contributed by atoms with Crippen molar-refractivity contribution in [2.75, 3.05) is 32.5 Å². The maximum absolute atomic E-state index is 12.4. The van der Waals surface area contributed by atoms with Gasteiger partial charge in [-0.25, -0.2) is 8.42 Å². The maximum Gasteiger partial charge on any atom is 0.245 e. The number of nitrogens with two attached hydrogens (primary N) is 1. The lowest BCUT2D eigenvalue weighted by Crippen LogP contribution is -2.31. The third-order valence-corrected chi connectivity index (χ3v) is 4.74. The van der Waals surface area contributed by atoms with Crippen molar-refractivity contribution in [1.82, 2.24) is 4.31 Å². The molecule has 0 spiro atoms. The highest BCUT2D eigenvalue weighted by Crippen LogP contribution is 2.24. The minimum absolute atomic E-state index is 0.184. The van der Waals surface area contributed by atoms with Crippen molar-refractivity contribution in [3.63, 3.8) is 0 Å². The molecule has 0 heterocycles. The molecule has 0 radical (unpaired) electrons. The number of benzene rings is 1. The van der Waals surface area contributed by atoms with Gasteiger partial charge in [-0.1, -0.05) is 12.1 Å². The fourth-order valence-corrected chi connectivity index (χ4v) is 3.11. The average molecular weight is 272 g/mol. The summed E-state index contributed by atoms with van der Waals surface area (Å²) in [4.78, 5) is 0.184. The highest BCUT2D eigenvalue weighted by molar-refractivity contribution is 7.89. The summed E-state index contributed by atoms with van der Waals surface area (Å²) >= 11 is 0. The number of aryl methyl sites for hydroxylation is 1. The number of anilines is 1. The van der Waals surface area contributed by atoms with Crippen molar-refractivity contribution in [3.8, 4) is 0 Å². The molecule has 102 valence electrons. The number of nitrogens with zero attached hydrogens (tertiary/aromatic N) is 1. The van der Waals surface area contributed by atoms with Gasteiger partial charge in [0.05, 0.1) is 12.3 Å². The Morgan fingerprint density at radius 1 is 1.39 bits per heavy atom. The number of rotatable bonds is 6. The second kappa shape index (κ2) is 6.17. The van der Waals surface area contributed by atoms with Gasteiger partial charge in [0.15, 0.2) is 0 Å². The second-order valence-electron chi connectivity index (χ2n) is 4.02. The highest BCUT2D eigenvalue weighted by atomic mass is 32.2. The summed E-state index contributed by atoms with van der Waals surface area (Å²) in [7, 11) is -2.02. The lowest BCUT2D eigenvalue weighted by Gasteiger charge is -2.19. The number of likely N-dealkylation sites (N-methyl/N-ethyl adjacent to an activating group) is 1. The van der Waals surface area contributed by atoms with E-state index in [4.69, 9.17) is 10.5 Å². The van der Waals surface area contributed by atoms with Crippen LogP contribution in [0.1, 0.15) is 12.5 Å². The van der Waals surface area contributed by atoms with Gasteiger partial charge in [0.1, 0.15) is 4.90 Å². The fourth-order valence-electron chi connectivity index (χ4n) is 1.64. The van der Waals surface area contributed by atoms with Gasteiger partial charge in [-0.2, -0.15) is 4.31 Å². The number of sulfonamides is 1. The lowest BCUT2D eigenvalue weighted by molar-refractivity contribution is 0.138. The van der Waals surface area contributed by atoms with Crippen LogP contribution in [0.3, 0.4) is 0 Å². The predicted octanol–water partition coefficient (Wildman–Crippen LogP) is 1.23. The SMILES string of the molecule is CCOCCN(C)S(=O)(=O)c1c(C)cccc1N. The molecule has 0 aromatic heterocycles. The van der Waals surface area contributed by atoms with Gasteiger partial charge in [0.25, 0.3) is 0 Å². The molecular formula is C12H20N2O3S. The number of hydrogen-bond acceptors (Lipinski definition) is 4. The van der Waals surface area contributed by atoms with Crippen LogP contribution >= 0.6 is 0 Å². The normalized spacial score (nSPS) is 12.0. The van der Waals surface area contributed by atoms with Crippen LogP contribution in [0.2, 0.25) is 0 Å². The summed E-state index contributed by atoms with van der Waals surface area (Å²) in [5.74, 6) is 0. The van der Waals surface area contributed by atoms with E-state index in [1.807, 2.05) is 6.92 Å². The fraction of sp³-hybridized carbons (Fsp3) is 0.500. The molecule has 6 heteroatoms. The number of hydrogen-bond donors (Lipinski definition) is 1. The monoisotopic (exact) mass is 272 g/mol. The zero-order valence-corrected chi connectivity index (χ0v) is 11.8. The highest BCUT2D eigenvalue weighted by Gasteiger charge is 2.24. The molecule has 0 amide bonds. The Morgan fingerprint density at radius 2 is 2.06 bits per heavy atom. The number of ether oxygens (including phenoxy) is 1. The minimum Gasteiger partial charge on any atom is -0.398 e. The molecule has 0 saturated heterocycles. The van der Waals surface area contributed by atoms with Crippen LogP contribution < -0.4 is 5.73 Å². The van der Waals surface area contributed by atoms with Crippen LogP contribution in [0, 0.1) is 6.92 Å². The maximum atomic E-state index is 12.4. The molecule has 0 atom stereocenters. The molecule has 0 fully saturated rings. The number of nitrogen functional groups attached to an aromatic ring is 1. The Morgan fingerprint density at radius 3 is 2.61 bits per heavy atom. The topological polar surface area (TPSA) is 72.6 Å². The van der Waals surface area contributed by atoms with Crippen molar-refractivity contribution in [1.29, 1.82) is 0 Å². The second-order valence-corrected chi connectivity index (χ2v) is 6.00. The van der Waals surface area contributed by atoms with Crippen LogP contribution in [0.15, 0.2) is 23.1 Å². The molecule has 0 bridgehead atoms. The van der Waals surface area contributed by atoms with Gasteiger partial charge >= 0.3 is 0 Å². The molecular weight excluding hydrogens is 252 g/mol. The molecule has 5 nitrogen and oxygen atoms in total. The van der Waals surface area contributed by atoms with E-state index >= 15 is 0 Å². The third-order valence-electron chi connectivity index (χ3n) is 2.67. The first-order valence-corrected chi connectivity index (χ1v) is 7.24.